The van der Waals surface area contributed by atoms with Gasteiger partial charge in [0.25, 0.3) is 5.56 Å². The number of rotatable bonds is 6. The number of nitrogens with one attached hydrogen (secondary N) is 1. The highest BCUT2D eigenvalue weighted by Gasteiger charge is 2.08. The molecule has 2 rings (SSSR count). The van der Waals surface area contributed by atoms with E-state index in [1.54, 1.807) is 6.07 Å². The Morgan fingerprint density at radius 1 is 1.30 bits per heavy atom. The Hall–Kier alpha value is -2.17. The van der Waals surface area contributed by atoms with Crippen LogP contribution in [0, 0.1) is 0 Å². The lowest BCUT2D eigenvalue weighted by atomic mass is 10.2. The number of fused-ring (bicyclic) bond motifs is 1. The minimum absolute atomic E-state index is 0.0357. The van der Waals surface area contributed by atoms with E-state index in [1.807, 2.05) is 18.2 Å². The van der Waals surface area contributed by atoms with Crippen molar-refractivity contribution in [3.63, 3.8) is 0 Å². The van der Waals surface area contributed by atoms with Crippen molar-refractivity contribution < 1.29 is 4.79 Å². The van der Waals surface area contributed by atoms with Gasteiger partial charge in [-0.05, 0) is 18.6 Å². The maximum atomic E-state index is 11.9. The van der Waals surface area contributed by atoms with Crippen molar-refractivity contribution in [3.05, 3.63) is 40.8 Å². The molecular weight excluding hydrogens is 254 g/mol. The molecule has 2 aromatic rings. The molecule has 0 bridgehead atoms. The third-order valence-corrected chi connectivity index (χ3v) is 3.16. The van der Waals surface area contributed by atoms with E-state index >= 15 is 0 Å². The lowest BCUT2D eigenvalue weighted by Gasteiger charge is -2.09. The second-order valence-corrected chi connectivity index (χ2v) is 4.73. The summed E-state index contributed by atoms with van der Waals surface area (Å²) in [5, 5.41) is 2.84. The SMILES string of the molecule is CCCCCNC(=O)Cn1c(=O)cnc2ccccc21. The van der Waals surface area contributed by atoms with Crippen molar-refractivity contribution in [3.8, 4) is 0 Å². The third kappa shape index (κ3) is 3.44. The molecule has 0 aliphatic rings. The number of carbonyl (C=O) groups is 1. The summed E-state index contributed by atoms with van der Waals surface area (Å²) in [7, 11) is 0. The van der Waals surface area contributed by atoms with Gasteiger partial charge in [-0.2, -0.15) is 0 Å². The molecule has 5 heteroatoms. The van der Waals surface area contributed by atoms with Gasteiger partial charge in [-0.15, -0.1) is 0 Å². The van der Waals surface area contributed by atoms with E-state index in [4.69, 9.17) is 0 Å². The highest BCUT2D eigenvalue weighted by molar-refractivity contribution is 5.79. The summed E-state index contributed by atoms with van der Waals surface area (Å²) in [5.41, 5.74) is 1.14. The molecule has 1 aromatic heterocycles. The van der Waals surface area contributed by atoms with E-state index in [1.165, 1.54) is 10.8 Å². The summed E-state index contributed by atoms with van der Waals surface area (Å²) in [6.07, 6.45) is 4.43. The van der Waals surface area contributed by atoms with Crippen molar-refractivity contribution >= 4 is 16.9 Å². The predicted octanol–water partition coefficient (Wildman–Crippen LogP) is 1.70. The van der Waals surface area contributed by atoms with Crippen molar-refractivity contribution in [2.45, 2.75) is 32.7 Å². The fraction of sp³-hybridized carbons (Fsp3) is 0.400. The second-order valence-electron chi connectivity index (χ2n) is 4.73. The summed E-state index contributed by atoms with van der Waals surface area (Å²) in [5.74, 6) is -0.139. The Morgan fingerprint density at radius 3 is 2.90 bits per heavy atom. The molecule has 0 aliphatic carbocycles. The van der Waals surface area contributed by atoms with E-state index in [0.717, 1.165) is 19.3 Å². The molecular formula is C15H19N3O2. The lowest BCUT2D eigenvalue weighted by molar-refractivity contribution is -0.121. The summed E-state index contributed by atoms with van der Waals surface area (Å²) in [6.45, 7) is 2.81. The Morgan fingerprint density at radius 2 is 2.10 bits per heavy atom. The average Bonchev–Trinajstić information content (AvgIpc) is 2.47. The largest absolute Gasteiger partial charge is 0.355 e. The van der Waals surface area contributed by atoms with Crippen LogP contribution < -0.4 is 10.9 Å². The summed E-state index contributed by atoms with van der Waals surface area (Å²) in [4.78, 5) is 27.8. The molecule has 106 valence electrons. The molecule has 1 aromatic carbocycles. The zero-order valence-corrected chi connectivity index (χ0v) is 11.6. The van der Waals surface area contributed by atoms with Gasteiger partial charge in [0.1, 0.15) is 6.54 Å². The molecule has 5 nitrogen and oxygen atoms in total. The first-order chi connectivity index (χ1) is 9.72. The van der Waals surface area contributed by atoms with Crippen LogP contribution in [0.4, 0.5) is 0 Å². The number of benzene rings is 1. The number of carbonyl (C=O) groups excluding carboxylic acids is 1. The third-order valence-electron chi connectivity index (χ3n) is 3.16. The summed E-state index contributed by atoms with van der Waals surface area (Å²) >= 11 is 0. The standard InChI is InChI=1S/C15H19N3O2/c1-2-3-6-9-16-14(19)11-18-13-8-5-4-7-12(13)17-10-15(18)20/h4-5,7-8,10H,2-3,6,9,11H2,1H3,(H,16,19). The first-order valence-electron chi connectivity index (χ1n) is 6.93. The van der Waals surface area contributed by atoms with E-state index < -0.39 is 0 Å². The van der Waals surface area contributed by atoms with Gasteiger partial charge in [0.15, 0.2) is 0 Å². The molecule has 20 heavy (non-hydrogen) atoms. The van der Waals surface area contributed by atoms with E-state index in [9.17, 15) is 9.59 Å². The zero-order valence-electron chi connectivity index (χ0n) is 11.6. The van der Waals surface area contributed by atoms with Gasteiger partial charge >= 0.3 is 0 Å². The molecule has 1 heterocycles. The molecule has 0 aliphatic heterocycles. The normalized spacial score (nSPS) is 10.7. The van der Waals surface area contributed by atoms with Crippen molar-refractivity contribution in [1.82, 2.24) is 14.9 Å². The van der Waals surface area contributed by atoms with E-state index in [0.29, 0.717) is 17.6 Å². The van der Waals surface area contributed by atoms with E-state index in [-0.39, 0.29) is 18.0 Å². The molecule has 0 saturated carbocycles. The molecule has 0 radical (unpaired) electrons. The number of unbranched alkanes of at least 4 members (excludes halogenated alkanes) is 2. The van der Waals surface area contributed by atoms with E-state index in [2.05, 4.69) is 17.2 Å². The van der Waals surface area contributed by atoms with Crippen LogP contribution >= 0.6 is 0 Å². The van der Waals surface area contributed by atoms with Crippen molar-refractivity contribution in [2.24, 2.45) is 0 Å². The van der Waals surface area contributed by atoms with Crippen molar-refractivity contribution in [2.75, 3.05) is 6.54 Å². The van der Waals surface area contributed by atoms with Gasteiger partial charge in [0.2, 0.25) is 5.91 Å². The number of amides is 1. The number of para-hydroxylation sites is 2. The first-order valence-corrected chi connectivity index (χ1v) is 6.93. The van der Waals surface area contributed by atoms with Crippen LogP contribution in [0.15, 0.2) is 35.3 Å². The molecule has 0 saturated heterocycles. The van der Waals surface area contributed by atoms with Crippen LogP contribution in [0.5, 0.6) is 0 Å². The van der Waals surface area contributed by atoms with Crippen LogP contribution in [0.1, 0.15) is 26.2 Å². The van der Waals surface area contributed by atoms with Crippen LogP contribution in [-0.2, 0) is 11.3 Å². The minimum atomic E-state index is -0.257. The van der Waals surface area contributed by atoms with Gasteiger partial charge in [-0.3, -0.25) is 14.2 Å². The minimum Gasteiger partial charge on any atom is -0.355 e. The average molecular weight is 273 g/mol. The van der Waals surface area contributed by atoms with Gasteiger partial charge < -0.3 is 5.32 Å². The second kappa shape index (κ2) is 6.84. The number of hydrogen-bond donors (Lipinski definition) is 1. The first kappa shape index (κ1) is 14.2. The lowest BCUT2D eigenvalue weighted by Crippen LogP contribution is -2.33. The molecule has 0 atom stereocenters. The Labute approximate surface area is 117 Å². The highest BCUT2D eigenvalue weighted by Crippen LogP contribution is 2.07. The Kier molecular flexibility index (Phi) is 4.87. The maximum absolute atomic E-state index is 11.9. The fourth-order valence-electron chi connectivity index (χ4n) is 2.08. The van der Waals surface area contributed by atoms with Crippen LogP contribution in [0.25, 0.3) is 11.0 Å². The molecule has 1 N–H and O–H groups in total. The Bertz CT molecular complexity index is 649. The molecule has 1 amide bonds. The van der Waals surface area contributed by atoms with Gasteiger partial charge in [-0.25, -0.2) is 4.98 Å². The number of aromatic nitrogens is 2. The fourth-order valence-corrected chi connectivity index (χ4v) is 2.08. The number of hydrogen-bond acceptors (Lipinski definition) is 3. The van der Waals surface area contributed by atoms with Crippen LogP contribution in [-0.4, -0.2) is 22.0 Å². The summed E-state index contributed by atoms with van der Waals surface area (Å²) < 4.78 is 1.46. The predicted molar refractivity (Wildman–Crippen MR) is 78.5 cm³/mol. The van der Waals surface area contributed by atoms with Crippen molar-refractivity contribution in [1.29, 1.82) is 0 Å². The smallest absolute Gasteiger partial charge is 0.269 e. The van der Waals surface area contributed by atoms with Gasteiger partial charge in [0.05, 0.1) is 17.2 Å². The molecule has 0 spiro atoms. The monoisotopic (exact) mass is 273 g/mol. The van der Waals surface area contributed by atoms with Gasteiger partial charge in [0, 0.05) is 6.54 Å². The van der Waals surface area contributed by atoms with Crippen LogP contribution in [0.3, 0.4) is 0 Å². The summed E-state index contributed by atoms with van der Waals surface area (Å²) in [6, 6.07) is 7.31. The van der Waals surface area contributed by atoms with Crippen LogP contribution in [0.2, 0.25) is 0 Å². The molecule has 0 fully saturated rings. The topological polar surface area (TPSA) is 64.0 Å². The maximum Gasteiger partial charge on any atom is 0.269 e. The number of nitrogens with zero attached hydrogens (tertiary/aromatic N) is 2. The Balaban J connectivity index is 2.11. The molecule has 0 unspecified atom stereocenters. The zero-order chi connectivity index (χ0) is 14.4. The highest BCUT2D eigenvalue weighted by atomic mass is 16.2. The quantitative estimate of drug-likeness (QED) is 0.815. The van der Waals surface area contributed by atoms with Gasteiger partial charge in [-0.1, -0.05) is 31.9 Å².